The molecule has 21 heavy (non-hydrogen) atoms. The van der Waals surface area contributed by atoms with Crippen molar-refractivity contribution in [2.24, 2.45) is 5.14 Å². The monoisotopic (exact) mass is 365 g/mol. The van der Waals surface area contributed by atoms with Crippen molar-refractivity contribution in [3.8, 4) is 0 Å². The van der Waals surface area contributed by atoms with E-state index < -0.39 is 16.0 Å². The molecular weight excluding hydrogens is 357 g/mol. The lowest BCUT2D eigenvalue weighted by Crippen LogP contribution is -2.15. The van der Waals surface area contributed by atoms with Gasteiger partial charge in [-0.3, -0.25) is 0 Å². The average Bonchev–Trinajstić information content (AvgIpc) is 2.89. The Balaban J connectivity index is 2.12. The summed E-state index contributed by atoms with van der Waals surface area (Å²) in [4.78, 5) is 11.6. The van der Waals surface area contributed by atoms with E-state index in [1.54, 1.807) is 18.2 Å². The molecule has 0 aliphatic carbocycles. The second-order valence-corrected chi connectivity index (χ2v) is 7.24. The van der Waals surface area contributed by atoms with E-state index in [2.05, 4.69) is 0 Å². The normalized spacial score (nSPS) is 11.4. The van der Waals surface area contributed by atoms with Crippen LogP contribution in [0.4, 0.5) is 0 Å². The lowest BCUT2D eigenvalue weighted by molar-refractivity contribution is 0.0474. The van der Waals surface area contributed by atoms with Gasteiger partial charge in [0.1, 0.15) is 16.4 Å². The van der Waals surface area contributed by atoms with Crippen LogP contribution in [0.25, 0.3) is 0 Å². The number of sulfonamides is 1. The molecule has 0 atom stereocenters. The molecule has 1 heterocycles. The van der Waals surface area contributed by atoms with E-state index >= 15 is 0 Å². The van der Waals surface area contributed by atoms with Crippen LogP contribution in [0.15, 0.2) is 34.5 Å². The van der Waals surface area contributed by atoms with E-state index in [4.69, 9.17) is 33.1 Å². The van der Waals surface area contributed by atoms with E-state index in [0.29, 0.717) is 15.6 Å². The van der Waals surface area contributed by atoms with Crippen LogP contribution < -0.4 is 5.14 Å². The number of thiophene rings is 1. The molecule has 2 N–H and O–H groups in total. The summed E-state index contributed by atoms with van der Waals surface area (Å²) in [7, 11) is -3.96. The van der Waals surface area contributed by atoms with Crippen LogP contribution in [0.1, 0.15) is 15.2 Å². The van der Waals surface area contributed by atoms with Gasteiger partial charge in [-0.25, -0.2) is 18.4 Å². The van der Waals surface area contributed by atoms with E-state index in [1.807, 2.05) is 0 Å². The van der Waals surface area contributed by atoms with Crippen molar-refractivity contribution in [2.75, 3.05) is 0 Å². The van der Waals surface area contributed by atoms with Crippen molar-refractivity contribution in [2.45, 2.75) is 11.5 Å². The maximum atomic E-state index is 11.9. The lowest BCUT2D eigenvalue weighted by Gasteiger charge is -2.06. The molecule has 0 aliphatic heterocycles. The van der Waals surface area contributed by atoms with E-state index in [0.717, 1.165) is 11.3 Å². The molecule has 0 fully saturated rings. The van der Waals surface area contributed by atoms with Crippen molar-refractivity contribution in [1.29, 1.82) is 0 Å². The third kappa shape index (κ3) is 3.96. The highest BCUT2D eigenvalue weighted by Crippen LogP contribution is 2.24. The summed E-state index contributed by atoms with van der Waals surface area (Å²) in [6, 6.07) is 6.05. The zero-order valence-corrected chi connectivity index (χ0v) is 13.5. The third-order valence-corrected chi connectivity index (χ3v) is 5.19. The summed E-state index contributed by atoms with van der Waals surface area (Å²) in [6.07, 6.45) is 0. The minimum Gasteiger partial charge on any atom is -0.457 e. The van der Waals surface area contributed by atoms with Crippen molar-refractivity contribution >= 4 is 50.5 Å². The van der Waals surface area contributed by atoms with Crippen molar-refractivity contribution in [3.05, 3.63) is 50.1 Å². The number of ether oxygens (including phenoxy) is 1. The number of hydrogen-bond donors (Lipinski definition) is 1. The predicted octanol–water partition coefficient (Wildman–Crippen LogP) is 3.06. The molecule has 1 aromatic carbocycles. The van der Waals surface area contributed by atoms with Gasteiger partial charge in [0.05, 0.1) is 10.0 Å². The molecule has 5 nitrogen and oxygen atoms in total. The molecule has 9 heteroatoms. The fourth-order valence-corrected chi connectivity index (χ4v) is 3.69. The lowest BCUT2D eigenvalue weighted by atomic mass is 10.2. The Bertz CT molecular complexity index is 786. The van der Waals surface area contributed by atoms with Crippen LogP contribution in [0.3, 0.4) is 0 Å². The fourth-order valence-electron chi connectivity index (χ4n) is 1.51. The molecule has 0 aliphatic rings. The van der Waals surface area contributed by atoms with Gasteiger partial charge in [0.15, 0.2) is 0 Å². The zero-order valence-electron chi connectivity index (χ0n) is 10.4. The average molecular weight is 366 g/mol. The summed E-state index contributed by atoms with van der Waals surface area (Å²) < 4.78 is 27.7. The van der Waals surface area contributed by atoms with Crippen molar-refractivity contribution in [1.82, 2.24) is 0 Å². The predicted molar refractivity (Wildman–Crippen MR) is 81.3 cm³/mol. The highest BCUT2D eigenvalue weighted by atomic mass is 35.5. The second-order valence-electron chi connectivity index (χ2n) is 3.98. The highest BCUT2D eigenvalue weighted by Gasteiger charge is 2.22. The SMILES string of the molecule is NS(=O)(=O)c1ccsc1C(=O)OCc1ccc(Cl)c(Cl)c1. The minimum atomic E-state index is -3.96. The Hall–Kier alpha value is -1.12. The Labute approximate surface area is 135 Å². The third-order valence-electron chi connectivity index (χ3n) is 2.47. The molecule has 0 saturated carbocycles. The van der Waals surface area contributed by atoms with Gasteiger partial charge in [-0.05, 0) is 29.1 Å². The number of primary sulfonamides is 1. The fraction of sp³-hybridized carbons (Fsp3) is 0.0833. The Morgan fingerprint density at radius 3 is 2.57 bits per heavy atom. The van der Waals surface area contributed by atoms with Crippen LogP contribution in [0, 0.1) is 0 Å². The molecule has 0 spiro atoms. The topological polar surface area (TPSA) is 86.5 Å². The van der Waals surface area contributed by atoms with Crippen molar-refractivity contribution < 1.29 is 17.9 Å². The molecule has 0 radical (unpaired) electrons. The second kappa shape index (κ2) is 6.33. The molecular formula is C12H9Cl2NO4S2. The molecule has 0 amide bonds. The first kappa shape index (κ1) is 16.3. The van der Waals surface area contributed by atoms with Crippen LogP contribution in [-0.2, 0) is 21.4 Å². The minimum absolute atomic E-state index is 0.0578. The van der Waals surface area contributed by atoms with Crippen LogP contribution in [0.5, 0.6) is 0 Å². The van der Waals surface area contributed by atoms with Crippen molar-refractivity contribution in [3.63, 3.8) is 0 Å². The molecule has 2 aromatic rings. The summed E-state index contributed by atoms with van der Waals surface area (Å²) in [5, 5.41) is 7.21. The first-order chi connectivity index (χ1) is 9.79. The quantitative estimate of drug-likeness (QED) is 0.843. The van der Waals surface area contributed by atoms with Crippen LogP contribution >= 0.6 is 34.5 Å². The van der Waals surface area contributed by atoms with E-state index in [1.165, 1.54) is 11.4 Å². The molecule has 0 bridgehead atoms. The van der Waals surface area contributed by atoms with Gasteiger partial charge in [-0.1, -0.05) is 29.3 Å². The van der Waals surface area contributed by atoms with Gasteiger partial charge in [0, 0.05) is 0 Å². The van der Waals surface area contributed by atoms with Crippen LogP contribution in [-0.4, -0.2) is 14.4 Å². The first-order valence-electron chi connectivity index (χ1n) is 5.50. The summed E-state index contributed by atoms with van der Waals surface area (Å²) in [5.74, 6) is -0.764. The van der Waals surface area contributed by atoms with Gasteiger partial charge in [-0.15, -0.1) is 11.3 Å². The largest absolute Gasteiger partial charge is 0.457 e. The van der Waals surface area contributed by atoms with Gasteiger partial charge in [0.25, 0.3) is 0 Å². The molecule has 1 aromatic heterocycles. The summed E-state index contributed by atoms with van der Waals surface area (Å²) >= 11 is 12.6. The number of nitrogens with two attached hydrogens (primary N) is 1. The number of carbonyl (C=O) groups excluding carboxylic acids is 1. The molecule has 0 saturated heterocycles. The Morgan fingerprint density at radius 1 is 1.24 bits per heavy atom. The maximum Gasteiger partial charge on any atom is 0.350 e. The van der Waals surface area contributed by atoms with Gasteiger partial charge in [-0.2, -0.15) is 0 Å². The number of carbonyl (C=O) groups is 1. The molecule has 0 unspecified atom stereocenters. The smallest absolute Gasteiger partial charge is 0.350 e. The van der Waals surface area contributed by atoms with E-state index in [-0.39, 0.29) is 16.4 Å². The highest BCUT2D eigenvalue weighted by molar-refractivity contribution is 7.89. The maximum absolute atomic E-state index is 11.9. The van der Waals surface area contributed by atoms with Crippen LogP contribution in [0.2, 0.25) is 10.0 Å². The first-order valence-corrected chi connectivity index (χ1v) is 8.68. The summed E-state index contributed by atoms with van der Waals surface area (Å²) in [6.45, 7) is -0.0579. The summed E-state index contributed by atoms with van der Waals surface area (Å²) in [5.41, 5.74) is 0.631. The standard InChI is InChI=1S/C12H9Cl2NO4S2/c13-8-2-1-7(5-9(8)14)6-19-12(16)11-10(3-4-20-11)21(15,17)18/h1-5H,6H2,(H2,15,17,18). The molecule has 2 rings (SSSR count). The number of hydrogen-bond acceptors (Lipinski definition) is 5. The Kier molecular flexibility index (Phi) is 4.90. The van der Waals surface area contributed by atoms with Gasteiger partial charge < -0.3 is 4.74 Å². The molecule has 112 valence electrons. The van der Waals surface area contributed by atoms with Gasteiger partial charge >= 0.3 is 5.97 Å². The number of esters is 1. The Morgan fingerprint density at radius 2 is 1.95 bits per heavy atom. The number of rotatable bonds is 4. The van der Waals surface area contributed by atoms with Gasteiger partial charge in [0.2, 0.25) is 10.0 Å². The van der Waals surface area contributed by atoms with E-state index in [9.17, 15) is 13.2 Å². The number of halogens is 2. The number of benzene rings is 1. The zero-order chi connectivity index (χ0) is 15.6.